The molecule has 1 nitrogen and oxygen atoms in total. The van der Waals surface area contributed by atoms with Crippen LogP contribution in [-0.4, -0.2) is 4.98 Å². The molecule has 132 valence electrons. The van der Waals surface area contributed by atoms with Crippen LogP contribution in [0.15, 0.2) is 42.5 Å². The number of thiophene rings is 1. The minimum Gasteiger partial charge on any atom is -0.248 e. The summed E-state index contributed by atoms with van der Waals surface area (Å²) in [5, 5.41) is 0. The minimum atomic E-state index is 1.11. The lowest BCUT2D eigenvalue weighted by molar-refractivity contribution is 0.937. The largest absolute Gasteiger partial charge is 0.248 e. The first kappa shape index (κ1) is 17.2. The molecule has 0 bridgehead atoms. The number of allylic oxidation sites excluding steroid dienone is 2. The summed E-state index contributed by atoms with van der Waals surface area (Å²) in [6.45, 7) is 8.83. The fraction of sp³-hybridized carbons (Fsp3) is 0.292. The van der Waals surface area contributed by atoms with E-state index in [1.165, 1.54) is 61.7 Å². The second-order valence-electron chi connectivity index (χ2n) is 7.32. The van der Waals surface area contributed by atoms with Crippen LogP contribution in [0.3, 0.4) is 0 Å². The van der Waals surface area contributed by atoms with E-state index in [9.17, 15) is 0 Å². The Morgan fingerprint density at radius 3 is 2.19 bits per heavy atom. The lowest BCUT2D eigenvalue weighted by Crippen LogP contribution is -1.99. The zero-order valence-electron chi connectivity index (χ0n) is 16.0. The van der Waals surface area contributed by atoms with Crippen LogP contribution in [0.25, 0.3) is 22.4 Å². The zero-order valence-corrected chi connectivity index (χ0v) is 16.8. The molecule has 0 fully saturated rings. The maximum atomic E-state index is 5.18. The molecule has 26 heavy (non-hydrogen) atoms. The fourth-order valence-electron chi connectivity index (χ4n) is 4.18. The Morgan fingerprint density at radius 1 is 0.808 bits per heavy atom. The SMILES string of the molecule is Cc1cc(C2=C(c3nc(-c4ccccc4)c(C)cc3C)CCC2)c(C)s1. The van der Waals surface area contributed by atoms with Crippen molar-refractivity contribution in [1.82, 2.24) is 4.98 Å². The van der Waals surface area contributed by atoms with Gasteiger partial charge >= 0.3 is 0 Å². The molecular weight excluding hydrogens is 334 g/mol. The third-order valence-corrected chi connectivity index (χ3v) is 6.29. The topological polar surface area (TPSA) is 12.9 Å². The highest BCUT2D eigenvalue weighted by Gasteiger charge is 2.23. The van der Waals surface area contributed by atoms with Gasteiger partial charge in [0.05, 0.1) is 11.4 Å². The second-order valence-corrected chi connectivity index (χ2v) is 8.78. The number of hydrogen-bond donors (Lipinski definition) is 0. The summed E-state index contributed by atoms with van der Waals surface area (Å²) in [6, 6.07) is 15.2. The molecule has 3 aromatic rings. The molecule has 0 saturated heterocycles. The summed E-state index contributed by atoms with van der Waals surface area (Å²) in [4.78, 5) is 8.01. The molecule has 0 aliphatic heterocycles. The van der Waals surface area contributed by atoms with Crippen molar-refractivity contribution in [1.29, 1.82) is 0 Å². The van der Waals surface area contributed by atoms with Gasteiger partial charge in [-0.3, -0.25) is 0 Å². The first-order valence-electron chi connectivity index (χ1n) is 9.38. The highest BCUT2D eigenvalue weighted by molar-refractivity contribution is 7.12. The molecule has 0 amide bonds. The first-order valence-corrected chi connectivity index (χ1v) is 10.2. The van der Waals surface area contributed by atoms with Crippen molar-refractivity contribution < 1.29 is 0 Å². The normalized spacial score (nSPS) is 14.3. The Balaban J connectivity index is 1.89. The van der Waals surface area contributed by atoms with Crippen LogP contribution < -0.4 is 0 Å². The van der Waals surface area contributed by atoms with E-state index >= 15 is 0 Å². The van der Waals surface area contributed by atoms with E-state index in [-0.39, 0.29) is 0 Å². The van der Waals surface area contributed by atoms with E-state index < -0.39 is 0 Å². The average molecular weight is 360 g/mol. The Labute approximate surface area is 160 Å². The van der Waals surface area contributed by atoms with Crippen molar-refractivity contribution in [3.63, 3.8) is 0 Å². The quantitative estimate of drug-likeness (QED) is 0.484. The molecule has 1 aromatic carbocycles. The highest BCUT2D eigenvalue weighted by Crippen LogP contribution is 2.43. The van der Waals surface area contributed by atoms with Gasteiger partial charge in [0.2, 0.25) is 0 Å². The van der Waals surface area contributed by atoms with Gasteiger partial charge in [0.1, 0.15) is 0 Å². The van der Waals surface area contributed by atoms with Gasteiger partial charge in [-0.05, 0) is 80.9 Å². The monoisotopic (exact) mass is 359 g/mol. The molecule has 2 heteroatoms. The number of nitrogens with zero attached hydrogens (tertiary/aromatic N) is 1. The Morgan fingerprint density at radius 2 is 1.50 bits per heavy atom. The third-order valence-electron chi connectivity index (χ3n) is 5.32. The van der Waals surface area contributed by atoms with Gasteiger partial charge in [-0.2, -0.15) is 0 Å². The van der Waals surface area contributed by atoms with E-state index in [2.05, 4.69) is 70.2 Å². The van der Waals surface area contributed by atoms with Gasteiger partial charge in [0.15, 0.2) is 0 Å². The number of benzene rings is 1. The van der Waals surface area contributed by atoms with Gasteiger partial charge in [0, 0.05) is 15.3 Å². The Hall–Kier alpha value is -2.19. The van der Waals surface area contributed by atoms with Gasteiger partial charge in [-0.25, -0.2) is 4.98 Å². The molecule has 2 heterocycles. The lowest BCUT2D eigenvalue weighted by atomic mass is 9.96. The van der Waals surface area contributed by atoms with Crippen LogP contribution in [0.5, 0.6) is 0 Å². The van der Waals surface area contributed by atoms with Crippen molar-refractivity contribution in [3.05, 3.63) is 74.6 Å². The molecule has 0 spiro atoms. The number of rotatable bonds is 3. The standard InChI is InChI=1S/C24H25NS/c1-15-13-16(2)24(25-23(15)19-9-6-5-7-10-19)21-12-8-11-20(21)22-14-17(3)26-18(22)4/h5-7,9-10,13-14H,8,11-12H2,1-4H3. The summed E-state index contributed by atoms with van der Waals surface area (Å²) in [6.07, 6.45) is 3.53. The Bertz CT molecular complexity index is 993. The van der Waals surface area contributed by atoms with Crippen molar-refractivity contribution in [2.45, 2.75) is 47.0 Å². The summed E-state index contributed by atoms with van der Waals surface area (Å²) in [5.41, 5.74) is 10.5. The van der Waals surface area contributed by atoms with E-state index in [4.69, 9.17) is 4.98 Å². The van der Waals surface area contributed by atoms with Gasteiger partial charge in [0.25, 0.3) is 0 Å². The summed E-state index contributed by atoms with van der Waals surface area (Å²) in [5.74, 6) is 0. The van der Waals surface area contributed by atoms with Gasteiger partial charge in [-0.15, -0.1) is 11.3 Å². The van der Waals surface area contributed by atoms with Crippen molar-refractivity contribution in [2.75, 3.05) is 0 Å². The molecule has 0 radical (unpaired) electrons. The molecule has 1 aliphatic carbocycles. The first-order chi connectivity index (χ1) is 12.5. The smallest absolute Gasteiger partial charge is 0.0738 e. The molecule has 0 N–H and O–H groups in total. The molecule has 2 aromatic heterocycles. The highest BCUT2D eigenvalue weighted by atomic mass is 32.1. The van der Waals surface area contributed by atoms with E-state index in [0.717, 1.165) is 12.1 Å². The van der Waals surface area contributed by atoms with E-state index in [1.54, 1.807) is 0 Å². The minimum absolute atomic E-state index is 1.11. The lowest BCUT2D eigenvalue weighted by Gasteiger charge is -2.14. The maximum absolute atomic E-state index is 5.18. The van der Waals surface area contributed by atoms with Crippen LogP contribution in [0.1, 0.15) is 51.4 Å². The molecule has 0 unspecified atom stereocenters. The number of hydrogen-bond acceptors (Lipinski definition) is 2. The van der Waals surface area contributed by atoms with Crippen LogP contribution in [-0.2, 0) is 0 Å². The molecular formula is C24H25NS. The van der Waals surface area contributed by atoms with Crippen LogP contribution >= 0.6 is 11.3 Å². The van der Waals surface area contributed by atoms with Crippen LogP contribution in [0.2, 0.25) is 0 Å². The Kier molecular flexibility index (Phi) is 4.54. The summed E-state index contributed by atoms with van der Waals surface area (Å²) < 4.78 is 0. The summed E-state index contributed by atoms with van der Waals surface area (Å²) in [7, 11) is 0. The molecule has 0 saturated carbocycles. The molecule has 4 rings (SSSR count). The number of aryl methyl sites for hydroxylation is 4. The van der Waals surface area contributed by atoms with Gasteiger partial charge in [-0.1, -0.05) is 36.4 Å². The van der Waals surface area contributed by atoms with Gasteiger partial charge < -0.3 is 0 Å². The van der Waals surface area contributed by atoms with Crippen molar-refractivity contribution >= 4 is 22.5 Å². The zero-order chi connectivity index (χ0) is 18.3. The maximum Gasteiger partial charge on any atom is 0.0738 e. The van der Waals surface area contributed by atoms with Crippen LogP contribution in [0, 0.1) is 27.7 Å². The van der Waals surface area contributed by atoms with Crippen molar-refractivity contribution in [3.8, 4) is 11.3 Å². The molecule has 0 atom stereocenters. The fourth-order valence-corrected chi connectivity index (χ4v) is 5.13. The van der Waals surface area contributed by atoms with Crippen molar-refractivity contribution in [2.24, 2.45) is 0 Å². The van der Waals surface area contributed by atoms with Crippen LogP contribution in [0.4, 0.5) is 0 Å². The predicted octanol–water partition coefficient (Wildman–Crippen LogP) is 7.14. The summed E-state index contributed by atoms with van der Waals surface area (Å²) >= 11 is 1.91. The second kappa shape index (κ2) is 6.85. The van der Waals surface area contributed by atoms with E-state index in [0.29, 0.717) is 0 Å². The van der Waals surface area contributed by atoms with E-state index in [1.807, 2.05) is 11.3 Å². The number of pyridine rings is 1. The third kappa shape index (κ3) is 3.03. The average Bonchev–Trinajstić information content (AvgIpc) is 3.21. The predicted molar refractivity (Wildman–Crippen MR) is 114 cm³/mol. The number of aromatic nitrogens is 1. The molecule has 1 aliphatic rings.